The molecule has 0 saturated heterocycles. The predicted molar refractivity (Wildman–Crippen MR) is 93.7 cm³/mol. The number of carbonyl (C=O) groups excluding carboxylic acids is 2. The third-order valence-electron chi connectivity index (χ3n) is 3.22. The van der Waals surface area contributed by atoms with Gasteiger partial charge in [0.15, 0.2) is 0 Å². The molecule has 7 heteroatoms. The summed E-state index contributed by atoms with van der Waals surface area (Å²) in [6.07, 6.45) is 0. The largest absolute Gasteiger partial charge is 0.465 e. The van der Waals surface area contributed by atoms with Gasteiger partial charge in [-0.15, -0.1) is 0 Å². The lowest BCUT2D eigenvalue weighted by molar-refractivity contribution is -0.114. The molecule has 5 nitrogen and oxygen atoms in total. The van der Waals surface area contributed by atoms with Gasteiger partial charge in [-0.3, -0.25) is 4.79 Å². The molecule has 24 heavy (non-hydrogen) atoms. The Morgan fingerprint density at radius 2 is 1.96 bits per heavy atom. The van der Waals surface area contributed by atoms with Gasteiger partial charge in [0.1, 0.15) is 5.82 Å². The van der Waals surface area contributed by atoms with Crippen LogP contribution in [-0.4, -0.2) is 25.5 Å². The molecule has 2 rings (SSSR count). The van der Waals surface area contributed by atoms with Gasteiger partial charge in [-0.2, -0.15) is 0 Å². The second-order valence-corrected chi connectivity index (χ2v) is 5.93. The van der Waals surface area contributed by atoms with Gasteiger partial charge in [0.2, 0.25) is 5.91 Å². The van der Waals surface area contributed by atoms with Crippen LogP contribution < -0.4 is 10.6 Å². The summed E-state index contributed by atoms with van der Waals surface area (Å²) in [6, 6.07) is 9.46. The maximum atomic E-state index is 13.6. The molecular formula is C17H16BrFN2O3. The SMILES string of the molecule is COC(=O)c1cc(NCC(=O)Nc2ccc(C)cc2Br)ccc1F. The molecule has 0 aliphatic carbocycles. The molecule has 0 heterocycles. The zero-order valence-corrected chi connectivity index (χ0v) is 14.7. The number of amides is 1. The molecule has 126 valence electrons. The maximum absolute atomic E-state index is 13.6. The van der Waals surface area contributed by atoms with E-state index in [4.69, 9.17) is 0 Å². The van der Waals surface area contributed by atoms with Crippen molar-refractivity contribution in [1.29, 1.82) is 0 Å². The molecule has 2 N–H and O–H groups in total. The van der Waals surface area contributed by atoms with E-state index in [1.807, 2.05) is 19.1 Å². The normalized spacial score (nSPS) is 10.2. The summed E-state index contributed by atoms with van der Waals surface area (Å²) < 4.78 is 18.8. The first kappa shape index (κ1) is 17.9. The molecule has 0 saturated carbocycles. The van der Waals surface area contributed by atoms with Crippen LogP contribution in [0.3, 0.4) is 0 Å². The summed E-state index contributed by atoms with van der Waals surface area (Å²) in [5.74, 6) is -1.73. The molecule has 0 aliphatic rings. The average molecular weight is 395 g/mol. The standard InChI is InChI=1S/C17H16BrFN2O3/c1-10-3-6-15(13(18)7-10)21-16(22)9-20-11-4-5-14(19)12(8-11)17(23)24-2/h3-8,20H,9H2,1-2H3,(H,21,22). The molecule has 0 spiro atoms. The van der Waals surface area contributed by atoms with Crippen LogP contribution >= 0.6 is 15.9 Å². The van der Waals surface area contributed by atoms with Crippen LogP contribution in [0.2, 0.25) is 0 Å². The number of aryl methyl sites for hydroxylation is 1. The van der Waals surface area contributed by atoms with Crippen molar-refractivity contribution >= 4 is 39.2 Å². The van der Waals surface area contributed by atoms with Gasteiger partial charge in [0.05, 0.1) is 24.9 Å². The van der Waals surface area contributed by atoms with E-state index in [9.17, 15) is 14.0 Å². The number of esters is 1. The van der Waals surface area contributed by atoms with Gasteiger partial charge in [0, 0.05) is 10.2 Å². The zero-order chi connectivity index (χ0) is 17.7. The van der Waals surface area contributed by atoms with E-state index in [1.54, 1.807) is 6.07 Å². The van der Waals surface area contributed by atoms with Crippen molar-refractivity contribution in [2.24, 2.45) is 0 Å². The van der Waals surface area contributed by atoms with Crippen molar-refractivity contribution in [3.05, 3.63) is 57.8 Å². The fourth-order valence-electron chi connectivity index (χ4n) is 2.00. The lowest BCUT2D eigenvalue weighted by atomic mass is 10.2. The molecule has 0 fully saturated rings. The highest BCUT2D eigenvalue weighted by Crippen LogP contribution is 2.23. The van der Waals surface area contributed by atoms with Gasteiger partial charge in [-0.1, -0.05) is 6.07 Å². The topological polar surface area (TPSA) is 67.4 Å². The summed E-state index contributed by atoms with van der Waals surface area (Å²) in [6.45, 7) is 1.91. The maximum Gasteiger partial charge on any atom is 0.340 e. The number of hydrogen-bond acceptors (Lipinski definition) is 4. The number of anilines is 2. The Hall–Kier alpha value is -2.41. The zero-order valence-electron chi connectivity index (χ0n) is 13.2. The smallest absolute Gasteiger partial charge is 0.340 e. The van der Waals surface area contributed by atoms with Crippen LogP contribution in [0.5, 0.6) is 0 Å². The van der Waals surface area contributed by atoms with Crippen LogP contribution in [-0.2, 0) is 9.53 Å². The Morgan fingerprint density at radius 3 is 2.62 bits per heavy atom. The van der Waals surface area contributed by atoms with E-state index >= 15 is 0 Å². The van der Waals surface area contributed by atoms with Gasteiger partial charge in [-0.05, 0) is 58.7 Å². The molecule has 0 atom stereocenters. The first-order valence-corrected chi connectivity index (χ1v) is 7.87. The Kier molecular flexibility index (Phi) is 5.92. The van der Waals surface area contributed by atoms with Crippen molar-refractivity contribution in [3.63, 3.8) is 0 Å². The quantitative estimate of drug-likeness (QED) is 0.758. The molecule has 1 amide bonds. The Balaban J connectivity index is 2.00. The molecule has 2 aromatic rings. The first-order valence-electron chi connectivity index (χ1n) is 7.08. The first-order chi connectivity index (χ1) is 11.4. The minimum atomic E-state index is -0.774. The van der Waals surface area contributed by atoms with Gasteiger partial charge in [0.25, 0.3) is 0 Å². The second kappa shape index (κ2) is 7.92. The summed E-state index contributed by atoms with van der Waals surface area (Å²) in [4.78, 5) is 23.5. The van der Waals surface area contributed by atoms with Gasteiger partial charge in [-0.25, -0.2) is 9.18 Å². The number of methoxy groups -OCH3 is 1. The van der Waals surface area contributed by atoms with E-state index in [0.29, 0.717) is 11.4 Å². The van der Waals surface area contributed by atoms with Crippen molar-refractivity contribution in [2.45, 2.75) is 6.92 Å². The Bertz CT molecular complexity index is 780. The predicted octanol–water partition coefficient (Wildman–Crippen LogP) is 3.73. The van der Waals surface area contributed by atoms with Crippen molar-refractivity contribution in [1.82, 2.24) is 0 Å². The van der Waals surface area contributed by atoms with Crippen LogP contribution in [0.4, 0.5) is 15.8 Å². The lowest BCUT2D eigenvalue weighted by Gasteiger charge is -2.10. The highest BCUT2D eigenvalue weighted by molar-refractivity contribution is 9.10. The minimum absolute atomic E-state index is 0.0352. The highest BCUT2D eigenvalue weighted by atomic mass is 79.9. The van der Waals surface area contributed by atoms with Crippen LogP contribution in [0.1, 0.15) is 15.9 Å². The van der Waals surface area contributed by atoms with Gasteiger partial charge < -0.3 is 15.4 Å². The molecular weight excluding hydrogens is 379 g/mol. The van der Waals surface area contributed by atoms with Crippen molar-refractivity contribution < 1.29 is 18.7 Å². The summed E-state index contributed by atoms with van der Waals surface area (Å²) >= 11 is 3.38. The Morgan fingerprint density at radius 1 is 1.21 bits per heavy atom. The number of halogens is 2. The van der Waals surface area contributed by atoms with Crippen LogP contribution in [0.25, 0.3) is 0 Å². The number of benzene rings is 2. The number of nitrogens with one attached hydrogen (secondary N) is 2. The van der Waals surface area contributed by atoms with E-state index in [1.165, 1.54) is 19.2 Å². The summed E-state index contributed by atoms with van der Waals surface area (Å²) in [5, 5.41) is 5.59. The number of rotatable bonds is 5. The molecule has 0 aliphatic heterocycles. The third-order valence-corrected chi connectivity index (χ3v) is 3.88. The Labute approximate surface area is 147 Å². The van der Waals surface area contributed by atoms with E-state index in [2.05, 4.69) is 31.3 Å². The monoisotopic (exact) mass is 394 g/mol. The third kappa shape index (κ3) is 4.55. The fourth-order valence-corrected chi connectivity index (χ4v) is 2.59. The van der Waals surface area contributed by atoms with E-state index in [-0.39, 0.29) is 18.0 Å². The number of ether oxygens (including phenoxy) is 1. The van der Waals surface area contributed by atoms with Crippen LogP contribution in [0, 0.1) is 12.7 Å². The second-order valence-electron chi connectivity index (χ2n) is 5.07. The fraction of sp³-hybridized carbons (Fsp3) is 0.176. The van der Waals surface area contributed by atoms with Crippen molar-refractivity contribution in [2.75, 3.05) is 24.3 Å². The average Bonchev–Trinajstić information content (AvgIpc) is 2.56. The van der Waals surface area contributed by atoms with Gasteiger partial charge >= 0.3 is 5.97 Å². The molecule has 0 radical (unpaired) electrons. The summed E-state index contributed by atoms with van der Waals surface area (Å²) in [5.41, 5.74) is 1.97. The van der Waals surface area contributed by atoms with Crippen LogP contribution in [0.15, 0.2) is 40.9 Å². The molecule has 0 bridgehead atoms. The lowest BCUT2D eigenvalue weighted by Crippen LogP contribution is -2.22. The number of carbonyl (C=O) groups is 2. The van der Waals surface area contributed by atoms with E-state index < -0.39 is 11.8 Å². The highest BCUT2D eigenvalue weighted by Gasteiger charge is 2.13. The number of hydrogen-bond donors (Lipinski definition) is 2. The van der Waals surface area contributed by atoms with E-state index in [0.717, 1.165) is 16.1 Å². The molecule has 0 aromatic heterocycles. The van der Waals surface area contributed by atoms with Crippen molar-refractivity contribution in [3.8, 4) is 0 Å². The summed E-state index contributed by atoms with van der Waals surface area (Å²) in [7, 11) is 1.18. The molecule has 2 aromatic carbocycles. The minimum Gasteiger partial charge on any atom is -0.465 e. The molecule has 0 unspecified atom stereocenters.